The van der Waals surface area contributed by atoms with Crippen molar-refractivity contribution in [2.45, 2.75) is 19.4 Å². The number of nitrogens with two attached hydrogens (primary N) is 2. The molecule has 0 aromatic carbocycles. The molecule has 0 spiro atoms. The highest BCUT2D eigenvalue weighted by molar-refractivity contribution is 5.80. The molecule has 0 radical (unpaired) electrons. The summed E-state index contributed by atoms with van der Waals surface area (Å²) in [6.45, 7) is 1.42. The molecule has 5 N–H and O–H groups in total. The first kappa shape index (κ1) is 10.9. The third-order valence-corrected chi connectivity index (χ3v) is 1.16. The first-order valence-corrected chi connectivity index (χ1v) is 3.53. The van der Waals surface area contributed by atoms with Crippen LogP contribution in [0.25, 0.3) is 0 Å². The molecule has 6 nitrogen and oxygen atoms in total. The van der Waals surface area contributed by atoms with Gasteiger partial charge in [0.1, 0.15) is 0 Å². The second-order valence-corrected chi connectivity index (χ2v) is 2.24. The van der Waals surface area contributed by atoms with Crippen LogP contribution < -0.4 is 16.9 Å². The quantitative estimate of drug-likeness (QED) is 0.431. The smallest absolute Gasteiger partial charge is 0.260 e. The van der Waals surface area contributed by atoms with Gasteiger partial charge in [-0.25, -0.2) is 5.48 Å². The molecule has 0 saturated heterocycles. The topological polar surface area (TPSA) is 107 Å². The Balaban J connectivity index is 3.50. The van der Waals surface area contributed by atoms with Crippen LogP contribution in [0.2, 0.25) is 0 Å². The molecule has 0 rings (SSSR count). The van der Waals surface area contributed by atoms with Crippen LogP contribution >= 0.6 is 0 Å². The van der Waals surface area contributed by atoms with Gasteiger partial charge in [0.05, 0.1) is 6.04 Å². The minimum Gasteiger partial charge on any atom is -0.368 e. The molecule has 0 bridgehead atoms. The molecule has 0 heterocycles. The van der Waals surface area contributed by atoms with E-state index < -0.39 is 17.9 Å². The van der Waals surface area contributed by atoms with Gasteiger partial charge >= 0.3 is 0 Å². The molecule has 70 valence electrons. The summed E-state index contributed by atoms with van der Waals surface area (Å²) in [5.74, 6) is -1.11. The second kappa shape index (κ2) is 5.50. The van der Waals surface area contributed by atoms with Crippen molar-refractivity contribution in [3.8, 4) is 0 Å². The summed E-state index contributed by atoms with van der Waals surface area (Å²) in [7, 11) is 0. The minimum atomic E-state index is -0.652. The third kappa shape index (κ3) is 4.64. The molecule has 6 heteroatoms. The summed E-state index contributed by atoms with van der Waals surface area (Å²) < 4.78 is 0. The zero-order valence-corrected chi connectivity index (χ0v) is 6.87. The molecule has 0 fully saturated rings. The van der Waals surface area contributed by atoms with Crippen molar-refractivity contribution in [1.29, 1.82) is 0 Å². The Bertz CT molecular complexity index is 171. The molecule has 12 heavy (non-hydrogen) atoms. The first-order chi connectivity index (χ1) is 5.57. The normalized spacial score (nSPS) is 12.2. The molecular formula is C6H13N3O3. The van der Waals surface area contributed by atoms with Gasteiger partial charge in [0.25, 0.3) is 5.91 Å². The van der Waals surface area contributed by atoms with Crippen molar-refractivity contribution in [2.75, 3.05) is 6.61 Å². The van der Waals surface area contributed by atoms with E-state index in [4.69, 9.17) is 11.5 Å². The Morgan fingerprint density at radius 3 is 2.58 bits per heavy atom. The zero-order chi connectivity index (χ0) is 9.56. The monoisotopic (exact) mass is 175 g/mol. The summed E-state index contributed by atoms with van der Waals surface area (Å²) in [4.78, 5) is 25.4. The van der Waals surface area contributed by atoms with Gasteiger partial charge in [-0.05, 0) is 6.42 Å². The maximum atomic E-state index is 10.8. The molecule has 0 aliphatic carbocycles. The molecular weight excluding hydrogens is 162 g/mol. The van der Waals surface area contributed by atoms with E-state index in [1.165, 1.54) is 0 Å². The second-order valence-electron chi connectivity index (χ2n) is 2.24. The Labute approximate surface area is 70.2 Å². The zero-order valence-electron chi connectivity index (χ0n) is 6.87. The summed E-state index contributed by atoms with van der Waals surface area (Å²) in [5, 5.41) is 0. The Morgan fingerprint density at radius 2 is 2.17 bits per heavy atom. The van der Waals surface area contributed by atoms with Gasteiger partial charge < -0.3 is 11.5 Å². The molecule has 1 atom stereocenters. The number of hydrogen-bond acceptors (Lipinski definition) is 4. The van der Waals surface area contributed by atoms with E-state index in [1.54, 1.807) is 6.92 Å². The van der Waals surface area contributed by atoms with Crippen molar-refractivity contribution < 1.29 is 14.4 Å². The van der Waals surface area contributed by atoms with Crippen LogP contribution in [0.4, 0.5) is 0 Å². The molecule has 0 aliphatic rings. The molecule has 0 aromatic rings. The summed E-state index contributed by atoms with van der Waals surface area (Å²) in [6, 6.07) is -0.613. The van der Waals surface area contributed by atoms with Crippen LogP contribution in [0.5, 0.6) is 0 Å². The van der Waals surface area contributed by atoms with Gasteiger partial charge in [0, 0.05) is 0 Å². The largest absolute Gasteiger partial charge is 0.368 e. The van der Waals surface area contributed by atoms with Crippen molar-refractivity contribution in [1.82, 2.24) is 5.48 Å². The van der Waals surface area contributed by atoms with Gasteiger partial charge in [-0.3, -0.25) is 14.4 Å². The molecule has 0 saturated carbocycles. The highest BCUT2D eigenvalue weighted by Crippen LogP contribution is 1.84. The highest BCUT2D eigenvalue weighted by Gasteiger charge is 2.10. The highest BCUT2D eigenvalue weighted by atomic mass is 16.7. The van der Waals surface area contributed by atoms with Gasteiger partial charge in [-0.1, -0.05) is 6.92 Å². The van der Waals surface area contributed by atoms with E-state index in [-0.39, 0.29) is 6.61 Å². The van der Waals surface area contributed by atoms with Crippen molar-refractivity contribution in [3.05, 3.63) is 0 Å². The lowest BCUT2D eigenvalue weighted by Crippen LogP contribution is -2.41. The fraction of sp³-hybridized carbons (Fsp3) is 0.667. The van der Waals surface area contributed by atoms with Crippen LogP contribution in [0.3, 0.4) is 0 Å². The summed E-state index contributed by atoms with van der Waals surface area (Å²) in [6.07, 6.45) is 0.506. The predicted molar refractivity (Wildman–Crippen MR) is 41.6 cm³/mol. The Hall–Kier alpha value is -1.14. The number of hydrogen-bond donors (Lipinski definition) is 3. The van der Waals surface area contributed by atoms with E-state index >= 15 is 0 Å². The van der Waals surface area contributed by atoms with Crippen LogP contribution in [0.15, 0.2) is 0 Å². The van der Waals surface area contributed by atoms with Crippen LogP contribution in [-0.2, 0) is 14.4 Å². The predicted octanol–water partition coefficient (Wildman–Crippen LogP) is -1.74. The van der Waals surface area contributed by atoms with E-state index in [9.17, 15) is 9.59 Å². The van der Waals surface area contributed by atoms with Gasteiger partial charge in [-0.2, -0.15) is 0 Å². The molecule has 0 aliphatic heterocycles. The minimum absolute atomic E-state index is 0.345. The number of primary amides is 1. The van der Waals surface area contributed by atoms with Gasteiger partial charge in [0.15, 0.2) is 6.61 Å². The van der Waals surface area contributed by atoms with Crippen LogP contribution in [-0.4, -0.2) is 24.5 Å². The van der Waals surface area contributed by atoms with Crippen LogP contribution in [0.1, 0.15) is 13.3 Å². The molecule has 2 amide bonds. The van der Waals surface area contributed by atoms with Crippen LogP contribution in [0, 0.1) is 0 Å². The third-order valence-electron chi connectivity index (χ3n) is 1.16. The standard InChI is InChI=1S/C6H13N3O3/c1-2-4(7)6(11)9-12-3-5(8)10/h4H,2-3,7H2,1H3,(H2,8,10)(H,9,11)/t4-/m0/s1. The van der Waals surface area contributed by atoms with E-state index in [0.29, 0.717) is 6.42 Å². The maximum absolute atomic E-state index is 10.8. The van der Waals surface area contributed by atoms with E-state index in [0.717, 1.165) is 0 Å². The molecule has 0 aromatic heterocycles. The number of carbonyl (C=O) groups excluding carboxylic acids is 2. The summed E-state index contributed by atoms with van der Waals surface area (Å²) in [5.41, 5.74) is 12.1. The molecule has 0 unspecified atom stereocenters. The first-order valence-electron chi connectivity index (χ1n) is 3.53. The number of nitrogens with one attached hydrogen (secondary N) is 1. The average Bonchev–Trinajstić information content (AvgIpc) is 2.02. The fourth-order valence-electron chi connectivity index (χ4n) is 0.439. The number of rotatable bonds is 5. The maximum Gasteiger partial charge on any atom is 0.260 e. The lowest BCUT2D eigenvalue weighted by atomic mass is 10.2. The van der Waals surface area contributed by atoms with E-state index in [1.807, 2.05) is 5.48 Å². The van der Waals surface area contributed by atoms with E-state index in [2.05, 4.69) is 4.84 Å². The van der Waals surface area contributed by atoms with Gasteiger partial charge in [-0.15, -0.1) is 0 Å². The fourth-order valence-corrected chi connectivity index (χ4v) is 0.439. The Morgan fingerprint density at radius 1 is 1.58 bits per heavy atom. The van der Waals surface area contributed by atoms with Crippen molar-refractivity contribution in [2.24, 2.45) is 11.5 Å². The SMILES string of the molecule is CC[C@H](N)C(=O)NOCC(N)=O. The van der Waals surface area contributed by atoms with Gasteiger partial charge in [0.2, 0.25) is 5.91 Å². The van der Waals surface area contributed by atoms with Crippen molar-refractivity contribution >= 4 is 11.8 Å². The van der Waals surface area contributed by atoms with Crippen molar-refractivity contribution in [3.63, 3.8) is 0 Å². The lowest BCUT2D eigenvalue weighted by molar-refractivity contribution is -0.139. The average molecular weight is 175 g/mol. The number of hydroxylamine groups is 1. The Kier molecular flexibility index (Phi) is 4.98. The lowest BCUT2D eigenvalue weighted by Gasteiger charge is -2.08. The summed E-state index contributed by atoms with van der Waals surface area (Å²) >= 11 is 0. The number of carbonyl (C=O) groups is 2. The number of amides is 2.